The van der Waals surface area contributed by atoms with Crippen LogP contribution >= 0.6 is 12.4 Å². The average molecular weight is 292 g/mol. The fourth-order valence-electron chi connectivity index (χ4n) is 2.08. The van der Waals surface area contributed by atoms with Gasteiger partial charge in [-0.25, -0.2) is 13.8 Å². The van der Waals surface area contributed by atoms with Crippen LogP contribution in [0.15, 0.2) is 12.3 Å². The predicted octanol–water partition coefficient (Wildman–Crippen LogP) is 1.74. The van der Waals surface area contributed by atoms with Crippen LogP contribution in [0.25, 0.3) is 0 Å². The van der Waals surface area contributed by atoms with Gasteiger partial charge in [0.2, 0.25) is 0 Å². The molecule has 1 aliphatic rings. The first-order valence-electron chi connectivity index (χ1n) is 5.94. The van der Waals surface area contributed by atoms with Gasteiger partial charge >= 0.3 is 0 Å². The van der Waals surface area contributed by atoms with Gasteiger partial charge in [-0.05, 0) is 12.8 Å². The van der Waals surface area contributed by atoms with Crippen LogP contribution < -0.4 is 5.73 Å². The van der Waals surface area contributed by atoms with Crippen LogP contribution in [0.2, 0.25) is 0 Å². The zero-order valence-electron chi connectivity index (χ0n) is 10.3. The van der Waals surface area contributed by atoms with E-state index in [2.05, 4.69) is 4.98 Å². The van der Waals surface area contributed by atoms with E-state index < -0.39 is 17.5 Å². The van der Waals surface area contributed by atoms with E-state index in [1.54, 1.807) is 0 Å². The van der Waals surface area contributed by atoms with Crippen molar-refractivity contribution in [2.24, 2.45) is 5.73 Å². The first-order valence-corrected chi connectivity index (χ1v) is 5.94. The zero-order chi connectivity index (χ0) is 13.1. The van der Waals surface area contributed by atoms with E-state index in [0.717, 1.165) is 25.5 Å². The van der Waals surface area contributed by atoms with Gasteiger partial charge in [-0.3, -0.25) is 4.79 Å². The molecule has 2 N–H and O–H groups in total. The quantitative estimate of drug-likeness (QED) is 0.857. The lowest BCUT2D eigenvalue weighted by Gasteiger charge is -2.22. The minimum Gasteiger partial charge on any atom is -0.336 e. The third-order valence-corrected chi connectivity index (χ3v) is 3.01. The van der Waals surface area contributed by atoms with Crippen molar-refractivity contribution in [2.75, 3.05) is 13.1 Å². The van der Waals surface area contributed by atoms with Gasteiger partial charge in [0.1, 0.15) is 5.82 Å². The number of likely N-dealkylation sites (tertiary alicyclic amines) is 1. The van der Waals surface area contributed by atoms with Crippen molar-refractivity contribution in [3.05, 3.63) is 29.6 Å². The summed E-state index contributed by atoms with van der Waals surface area (Å²) in [6.45, 7) is 0.919. The SMILES string of the molecule is Cl.NC1CCCCN(C(=O)c2ncc(F)cc2F)C1. The van der Waals surface area contributed by atoms with Crippen LogP contribution in [-0.4, -0.2) is 34.9 Å². The lowest BCUT2D eigenvalue weighted by molar-refractivity contribution is 0.0743. The van der Waals surface area contributed by atoms with Crippen LogP contribution in [0.5, 0.6) is 0 Å². The number of pyridine rings is 1. The number of nitrogens with zero attached hydrogens (tertiary/aromatic N) is 2. The molecule has 0 radical (unpaired) electrons. The summed E-state index contributed by atoms with van der Waals surface area (Å²) >= 11 is 0. The molecule has 1 amide bonds. The topological polar surface area (TPSA) is 59.2 Å². The Kier molecular flexibility index (Phi) is 5.62. The van der Waals surface area contributed by atoms with Gasteiger partial charge in [-0.1, -0.05) is 6.42 Å². The van der Waals surface area contributed by atoms with Crippen LogP contribution in [0.1, 0.15) is 29.8 Å². The van der Waals surface area contributed by atoms with Crippen molar-refractivity contribution in [2.45, 2.75) is 25.3 Å². The highest BCUT2D eigenvalue weighted by Gasteiger charge is 2.24. The molecule has 0 aliphatic carbocycles. The maximum atomic E-state index is 13.5. The van der Waals surface area contributed by atoms with Gasteiger partial charge in [0.25, 0.3) is 5.91 Å². The molecule has 0 spiro atoms. The van der Waals surface area contributed by atoms with Gasteiger partial charge in [-0.15, -0.1) is 12.4 Å². The summed E-state index contributed by atoms with van der Waals surface area (Å²) in [6, 6.07) is 0.567. The molecule has 0 saturated carbocycles. The van der Waals surface area contributed by atoms with Gasteiger partial charge in [0.05, 0.1) is 6.20 Å². The monoisotopic (exact) mass is 291 g/mol. The summed E-state index contributed by atoms with van der Waals surface area (Å²) in [5.41, 5.74) is 5.49. The Balaban J connectivity index is 0.00000180. The molecule has 2 rings (SSSR count). The zero-order valence-corrected chi connectivity index (χ0v) is 11.1. The van der Waals surface area contributed by atoms with E-state index in [-0.39, 0.29) is 24.1 Å². The number of hydrogen-bond acceptors (Lipinski definition) is 3. The van der Waals surface area contributed by atoms with Crippen molar-refractivity contribution in [1.82, 2.24) is 9.88 Å². The number of halogens is 3. The van der Waals surface area contributed by atoms with E-state index in [1.807, 2.05) is 0 Å². The summed E-state index contributed by atoms with van der Waals surface area (Å²) in [5, 5.41) is 0. The Labute approximate surface area is 116 Å². The Hall–Kier alpha value is -1.27. The second-order valence-corrected chi connectivity index (χ2v) is 4.49. The number of carbonyl (C=O) groups excluding carboxylic acids is 1. The number of hydrogen-bond donors (Lipinski definition) is 1. The number of nitrogens with two attached hydrogens (primary N) is 1. The average Bonchev–Trinajstić information content (AvgIpc) is 2.53. The Morgan fingerprint density at radius 3 is 2.84 bits per heavy atom. The largest absolute Gasteiger partial charge is 0.336 e. The lowest BCUT2D eigenvalue weighted by Crippen LogP contribution is -2.40. The molecule has 1 saturated heterocycles. The highest BCUT2D eigenvalue weighted by atomic mass is 35.5. The maximum Gasteiger partial charge on any atom is 0.275 e. The van der Waals surface area contributed by atoms with Crippen molar-refractivity contribution in [3.63, 3.8) is 0 Å². The molecule has 7 heteroatoms. The van der Waals surface area contributed by atoms with Crippen LogP contribution in [0.3, 0.4) is 0 Å². The second kappa shape index (κ2) is 6.77. The molecule has 0 aromatic carbocycles. The second-order valence-electron chi connectivity index (χ2n) is 4.49. The van der Waals surface area contributed by atoms with Crippen LogP contribution in [0, 0.1) is 11.6 Å². The van der Waals surface area contributed by atoms with Gasteiger partial charge < -0.3 is 10.6 Å². The number of carbonyl (C=O) groups is 1. The number of aromatic nitrogens is 1. The van der Waals surface area contributed by atoms with Crippen LogP contribution in [0.4, 0.5) is 8.78 Å². The minimum atomic E-state index is -0.933. The molecule has 0 bridgehead atoms. The van der Waals surface area contributed by atoms with Gasteiger partial charge in [0.15, 0.2) is 11.5 Å². The van der Waals surface area contributed by atoms with Gasteiger partial charge in [-0.2, -0.15) is 0 Å². The highest BCUT2D eigenvalue weighted by molar-refractivity contribution is 5.92. The summed E-state index contributed by atoms with van der Waals surface area (Å²) < 4.78 is 26.2. The number of rotatable bonds is 1. The predicted molar refractivity (Wildman–Crippen MR) is 69.1 cm³/mol. The van der Waals surface area contributed by atoms with Crippen molar-refractivity contribution >= 4 is 18.3 Å². The normalized spacial score (nSPS) is 19.5. The van der Waals surface area contributed by atoms with Crippen molar-refractivity contribution in [1.29, 1.82) is 0 Å². The molecule has 1 aromatic rings. The minimum absolute atomic E-state index is 0. The highest BCUT2D eigenvalue weighted by Crippen LogP contribution is 2.14. The summed E-state index contributed by atoms with van der Waals surface area (Å²) in [6.07, 6.45) is 3.48. The molecule has 1 atom stereocenters. The Bertz CT molecular complexity index is 459. The molecule has 4 nitrogen and oxygen atoms in total. The molecule has 19 heavy (non-hydrogen) atoms. The molecule has 1 aromatic heterocycles. The maximum absolute atomic E-state index is 13.5. The first-order chi connectivity index (χ1) is 8.58. The Morgan fingerprint density at radius 2 is 2.16 bits per heavy atom. The molecule has 1 aliphatic heterocycles. The van der Waals surface area contributed by atoms with E-state index in [4.69, 9.17) is 5.73 Å². The molecular formula is C12H16ClF2N3O. The first kappa shape index (κ1) is 15.8. The molecule has 2 heterocycles. The van der Waals surface area contributed by atoms with E-state index in [0.29, 0.717) is 19.2 Å². The summed E-state index contributed by atoms with van der Waals surface area (Å²) in [7, 11) is 0. The van der Waals surface area contributed by atoms with E-state index >= 15 is 0 Å². The molecule has 1 unspecified atom stereocenters. The summed E-state index contributed by atoms with van der Waals surface area (Å²) in [4.78, 5) is 17.1. The third-order valence-electron chi connectivity index (χ3n) is 3.01. The van der Waals surface area contributed by atoms with Crippen molar-refractivity contribution < 1.29 is 13.6 Å². The molecule has 106 valence electrons. The fraction of sp³-hybridized carbons (Fsp3) is 0.500. The summed E-state index contributed by atoms with van der Waals surface area (Å²) in [5.74, 6) is -2.25. The fourth-order valence-corrected chi connectivity index (χ4v) is 2.08. The molecule has 1 fully saturated rings. The third kappa shape index (κ3) is 3.84. The van der Waals surface area contributed by atoms with Crippen LogP contribution in [-0.2, 0) is 0 Å². The molecular weight excluding hydrogens is 276 g/mol. The number of amides is 1. The van der Waals surface area contributed by atoms with E-state index in [9.17, 15) is 13.6 Å². The Morgan fingerprint density at radius 1 is 1.42 bits per heavy atom. The standard InChI is InChI=1S/C12H15F2N3O.ClH/c13-8-5-10(14)11(16-6-8)12(18)17-4-2-1-3-9(15)7-17;/h5-6,9H,1-4,7,15H2;1H. The van der Waals surface area contributed by atoms with Crippen molar-refractivity contribution in [3.8, 4) is 0 Å². The van der Waals surface area contributed by atoms with E-state index in [1.165, 1.54) is 4.90 Å². The van der Waals surface area contributed by atoms with Gasteiger partial charge in [0, 0.05) is 25.2 Å². The smallest absolute Gasteiger partial charge is 0.275 e. The lowest BCUT2D eigenvalue weighted by atomic mass is 10.2.